The molecule has 1 unspecified atom stereocenters. The molecule has 1 aliphatic rings. The molecule has 0 N–H and O–H groups in total. The third-order valence-electron chi connectivity index (χ3n) is 3.66. The van der Waals surface area contributed by atoms with Crippen LogP contribution in [-0.4, -0.2) is 17.5 Å². The van der Waals surface area contributed by atoms with Gasteiger partial charge in [-0.25, -0.2) is 4.39 Å². The highest BCUT2D eigenvalue weighted by molar-refractivity contribution is 5.91. The molecule has 1 aromatic carbocycles. The summed E-state index contributed by atoms with van der Waals surface area (Å²) in [7, 11) is 0. The molecule has 0 spiro atoms. The second kappa shape index (κ2) is 4.13. The fourth-order valence-corrected chi connectivity index (χ4v) is 2.71. The molecule has 0 radical (unpaired) electrons. The first-order valence-corrected chi connectivity index (χ1v) is 6.12. The Bertz CT molecular complexity index is 811. The molecule has 0 aliphatic carbocycles. The predicted molar refractivity (Wildman–Crippen MR) is 68.5 cm³/mol. The van der Waals surface area contributed by atoms with Crippen LogP contribution in [0.25, 0.3) is 10.9 Å². The lowest BCUT2D eigenvalue weighted by atomic mass is 10.0. The van der Waals surface area contributed by atoms with Crippen LogP contribution in [0.2, 0.25) is 0 Å². The SMILES string of the molecule is Cc1c(C=O)c(=O)c2cc(F)c(F)c3c2n1C(C)CO3. The van der Waals surface area contributed by atoms with Gasteiger partial charge in [-0.15, -0.1) is 0 Å². The van der Waals surface area contributed by atoms with Gasteiger partial charge in [-0.3, -0.25) is 9.59 Å². The Hall–Kier alpha value is -2.24. The number of carbonyl (C=O) groups is 1. The Morgan fingerprint density at radius 3 is 2.80 bits per heavy atom. The first-order valence-electron chi connectivity index (χ1n) is 6.12. The van der Waals surface area contributed by atoms with Crippen LogP contribution in [0.3, 0.4) is 0 Å². The molecule has 0 fully saturated rings. The van der Waals surface area contributed by atoms with Crippen molar-refractivity contribution in [2.24, 2.45) is 0 Å². The van der Waals surface area contributed by atoms with Crippen LogP contribution >= 0.6 is 0 Å². The molecule has 0 saturated carbocycles. The standard InChI is InChI=1S/C14H11F2NO3/c1-6-5-20-14-11(16)10(15)3-8-12(14)17(6)7(2)9(4-18)13(8)19/h3-4,6H,5H2,1-2H3. The molecule has 1 atom stereocenters. The molecule has 104 valence electrons. The maximum absolute atomic E-state index is 13.8. The Balaban J connectivity index is 2.65. The van der Waals surface area contributed by atoms with E-state index in [1.54, 1.807) is 11.5 Å². The average molecular weight is 279 g/mol. The molecule has 1 aliphatic heterocycles. The lowest BCUT2D eigenvalue weighted by Crippen LogP contribution is -2.28. The highest BCUT2D eigenvalue weighted by Gasteiger charge is 2.28. The van der Waals surface area contributed by atoms with Gasteiger partial charge in [-0.05, 0) is 19.9 Å². The van der Waals surface area contributed by atoms with E-state index in [0.717, 1.165) is 6.07 Å². The lowest BCUT2D eigenvalue weighted by molar-refractivity contribution is 0.112. The van der Waals surface area contributed by atoms with E-state index in [4.69, 9.17) is 4.74 Å². The fourth-order valence-electron chi connectivity index (χ4n) is 2.71. The molecule has 2 heterocycles. The van der Waals surface area contributed by atoms with Crippen LogP contribution in [0.15, 0.2) is 10.9 Å². The van der Waals surface area contributed by atoms with Crippen LogP contribution in [0.1, 0.15) is 29.0 Å². The number of aldehydes is 1. The third kappa shape index (κ3) is 1.44. The minimum atomic E-state index is -1.16. The van der Waals surface area contributed by atoms with Crippen molar-refractivity contribution in [3.05, 3.63) is 39.2 Å². The van der Waals surface area contributed by atoms with Gasteiger partial charge in [0.15, 0.2) is 23.3 Å². The zero-order chi connectivity index (χ0) is 14.6. The van der Waals surface area contributed by atoms with Crippen molar-refractivity contribution >= 4 is 17.2 Å². The van der Waals surface area contributed by atoms with Crippen molar-refractivity contribution in [1.29, 1.82) is 0 Å². The van der Waals surface area contributed by atoms with Crippen LogP contribution < -0.4 is 10.2 Å². The van der Waals surface area contributed by atoms with Crippen molar-refractivity contribution in [1.82, 2.24) is 4.57 Å². The van der Waals surface area contributed by atoms with Crippen LogP contribution in [0.4, 0.5) is 8.78 Å². The minimum absolute atomic E-state index is 0.0387. The van der Waals surface area contributed by atoms with E-state index in [2.05, 4.69) is 0 Å². The number of carbonyl (C=O) groups excluding carboxylic acids is 1. The van der Waals surface area contributed by atoms with Gasteiger partial charge in [-0.2, -0.15) is 4.39 Å². The summed E-state index contributed by atoms with van der Waals surface area (Å²) in [5.74, 6) is -2.54. The molecular formula is C14H11F2NO3. The number of hydrogen-bond acceptors (Lipinski definition) is 3. The summed E-state index contributed by atoms with van der Waals surface area (Å²) >= 11 is 0. The van der Waals surface area contributed by atoms with Gasteiger partial charge >= 0.3 is 0 Å². The third-order valence-corrected chi connectivity index (χ3v) is 3.66. The highest BCUT2D eigenvalue weighted by Crippen LogP contribution is 2.36. The number of ether oxygens (including phenoxy) is 1. The van der Waals surface area contributed by atoms with Gasteiger partial charge in [-0.1, -0.05) is 0 Å². The van der Waals surface area contributed by atoms with Crippen molar-refractivity contribution in [2.75, 3.05) is 6.61 Å². The second-order valence-electron chi connectivity index (χ2n) is 4.87. The second-order valence-corrected chi connectivity index (χ2v) is 4.87. The van der Waals surface area contributed by atoms with Crippen molar-refractivity contribution in [3.8, 4) is 5.75 Å². The summed E-state index contributed by atoms with van der Waals surface area (Å²) in [6, 6.07) is 0.634. The van der Waals surface area contributed by atoms with E-state index >= 15 is 0 Å². The minimum Gasteiger partial charge on any atom is -0.486 e. The number of halogens is 2. The number of rotatable bonds is 1. The molecule has 2 aromatic rings. The first kappa shape index (κ1) is 12.8. The molecular weight excluding hydrogens is 268 g/mol. The number of aromatic nitrogens is 1. The van der Waals surface area contributed by atoms with E-state index in [1.807, 2.05) is 6.92 Å². The normalized spacial score (nSPS) is 17.1. The number of hydrogen-bond donors (Lipinski definition) is 0. The molecule has 6 heteroatoms. The zero-order valence-electron chi connectivity index (χ0n) is 10.9. The molecule has 1 aromatic heterocycles. The number of nitrogens with zero attached hydrogens (tertiary/aromatic N) is 1. The monoisotopic (exact) mass is 279 g/mol. The average Bonchev–Trinajstić information content (AvgIpc) is 2.41. The van der Waals surface area contributed by atoms with Gasteiger partial charge in [0.05, 0.1) is 22.5 Å². The topological polar surface area (TPSA) is 48.3 Å². The predicted octanol–water partition coefficient (Wildman–Crippen LogP) is 2.35. The summed E-state index contributed by atoms with van der Waals surface area (Å²) in [6.07, 6.45) is 0.448. The maximum atomic E-state index is 13.8. The molecule has 0 amide bonds. The Labute approximate surface area is 112 Å². The van der Waals surface area contributed by atoms with Crippen LogP contribution in [-0.2, 0) is 0 Å². The Morgan fingerprint density at radius 2 is 2.15 bits per heavy atom. The Kier molecular flexibility index (Phi) is 2.64. The zero-order valence-corrected chi connectivity index (χ0v) is 10.9. The summed E-state index contributed by atoms with van der Waals surface area (Å²) < 4.78 is 34.3. The van der Waals surface area contributed by atoms with E-state index in [9.17, 15) is 18.4 Å². The van der Waals surface area contributed by atoms with Gasteiger partial charge in [0.1, 0.15) is 6.61 Å². The van der Waals surface area contributed by atoms with Gasteiger partial charge in [0.2, 0.25) is 5.82 Å². The molecule has 3 rings (SSSR count). The number of benzene rings is 1. The van der Waals surface area contributed by atoms with E-state index < -0.39 is 17.1 Å². The van der Waals surface area contributed by atoms with Crippen LogP contribution in [0.5, 0.6) is 5.75 Å². The van der Waals surface area contributed by atoms with Gasteiger partial charge in [0, 0.05) is 5.69 Å². The molecule has 20 heavy (non-hydrogen) atoms. The summed E-state index contributed by atoms with van der Waals surface area (Å²) in [6.45, 7) is 3.57. The van der Waals surface area contributed by atoms with Crippen molar-refractivity contribution in [2.45, 2.75) is 19.9 Å². The van der Waals surface area contributed by atoms with Crippen LogP contribution in [0, 0.1) is 18.6 Å². The molecule has 0 saturated heterocycles. The largest absolute Gasteiger partial charge is 0.486 e. The number of pyridine rings is 1. The highest BCUT2D eigenvalue weighted by atomic mass is 19.2. The molecule has 0 bridgehead atoms. The van der Waals surface area contributed by atoms with Crippen molar-refractivity contribution in [3.63, 3.8) is 0 Å². The fraction of sp³-hybridized carbons (Fsp3) is 0.286. The van der Waals surface area contributed by atoms with E-state index in [1.165, 1.54) is 0 Å². The molecule has 4 nitrogen and oxygen atoms in total. The Morgan fingerprint density at radius 1 is 1.45 bits per heavy atom. The van der Waals surface area contributed by atoms with E-state index in [0.29, 0.717) is 12.0 Å². The van der Waals surface area contributed by atoms with Gasteiger partial charge < -0.3 is 9.30 Å². The van der Waals surface area contributed by atoms with Crippen molar-refractivity contribution < 1.29 is 18.3 Å². The lowest BCUT2D eigenvalue weighted by Gasteiger charge is -2.29. The first-order chi connectivity index (χ1) is 9.47. The van der Waals surface area contributed by atoms with E-state index in [-0.39, 0.29) is 34.9 Å². The van der Waals surface area contributed by atoms with Gasteiger partial charge in [0.25, 0.3) is 0 Å². The maximum Gasteiger partial charge on any atom is 0.202 e. The summed E-state index contributed by atoms with van der Waals surface area (Å²) in [5.41, 5.74) is -0.0129. The summed E-state index contributed by atoms with van der Waals surface area (Å²) in [4.78, 5) is 23.3. The smallest absolute Gasteiger partial charge is 0.202 e. The quantitative estimate of drug-likeness (QED) is 0.753. The summed E-state index contributed by atoms with van der Waals surface area (Å²) in [5, 5.41) is -0.0434.